The van der Waals surface area contributed by atoms with Crippen LogP contribution in [0.3, 0.4) is 0 Å². The predicted molar refractivity (Wildman–Crippen MR) is 235 cm³/mol. The second-order valence-corrected chi connectivity index (χ2v) is 16.0. The van der Waals surface area contributed by atoms with Crippen LogP contribution in [0.2, 0.25) is 0 Å². The Morgan fingerprint density at radius 1 is 0.800 bits per heavy atom. The van der Waals surface area contributed by atoms with Crippen molar-refractivity contribution in [2.24, 2.45) is 21.3 Å². The number of likely N-dealkylation sites (tertiary alicyclic amines) is 1. The molecule has 4 amide bonds. The maximum Gasteiger partial charge on any atom is 0.408 e. The fourth-order valence-electron chi connectivity index (χ4n) is 7.01. The zero-order chi connectivity index (χ0) is 42.4. The van der Waals surface area contributed by atoms with Gasteiger partial charge in [-0.25, -0.2) is 4.79 Å². The Morgan fingerprint density at radius 3 is 1.97 bits per heavy atom. The third kappa shape index (κ3) is 12.4. The quantitative estimate of drug-likeness (QED) is 0.0485. The monoisotopic (exact) mass is 926 g/mol. The van der Waals surface area contributed by atoms with E-state index in [1.165, 1.54) is 0 Å². The van der Waals surface area contributed by atoms with E-state index in [1.54, 1.807) is 53.4 Å². The second kappa shape index (κ2) is 21.2. The van der Waals surface area contributed by atoms with Gasteiger partial charge in [0.1, 0.15) is 5.75 Å². The third-order valence-electron chi connectivity index (χ3n) is 10.4. The Bertz CT molecular complexity index is 2160. The normalized spacial score (nSPS) is 17.1. The van der Waals surface area contributed by atoms with E-state index in [9.17, 15) is 19.2 Å². The first-order valence-corrected chi connectivity index (χ1v) is 20.8. The van der Waals surface area contributed by atoms with E-state index in [2.05, 4.69) is 58.8 Å². The number of halogens is 1. The fourth-order valence-corrected chi connectivity index (χ4v) is 7.37. The van der Waals surface area contributed by atoms with Crippen molar-refractivity contribution < 1.29 is 28.7 Å². The van der Waals surface area contributed by atoms with E-state index in [-0.39, 0.29) is 36.5 Å². The first-order chi connectivity index (χ1) is 29.0. The fraction of sp³-hybridized carbons (Fsp3) is 0.349. The smallest absolute Gasteiger partial charge is 0.408 e. The molecule has 2 fully saturated rings. The Balaban J connectivity index is 0.996. The number of rotatable bonds is 14. The number of alkyl carbamates (subject to hydrolysis) is 1. The summed E-state index contributed by atoms with van der Waals surface area (Å²) >= 11 is 2.21. The van der Waals surface area contributed by atoms with Gasteiger partial charge in [0.15, 0.2) is 6.73 Å². The molecule has 1 aliphatic heterocycles. The number of nitrogens with zero attached hydrogens (tertiary/aromatic N) is 7. The molecule has 1 unspecified atom stereocenters. The summed E-state index contributed by atoms with van der Waals surface area (Å²) in [4.78, 5) is 59.8. The molecular weight excluding hydrogens is 879 g/mol. The Kier molecular flexibility index (Phi) is 15.3. The van der Waals surface area contributed by atoms with Gasteiger partial charge < -0.3 is 35.2 Å². The number of azide groups is 1. The third-order valence-corrected chi connectivity index (χ3v) is 11.2. The largest absolute Gasteiger partial charge is 0.488 e. The molecule has 0 radical (unpaired) electrons. The van der Waals surface area contributed by atoms with Crippen LogP contribution < -0.4 is 25.6 Å². The number of nitrogens with one attached hydrogen (secondary N) is 3. The summed E-state index contributed by atoms with van der Waals surface area (Å²) in [5, 5.41) is 20.9. The molecular formula is C43H47IN10O6. The van der Waals surface area contributed by atoms with Crippen LogP contribution in [0.4, 0.5) is 27.5 Å². The molecule has 0 spiro atoms. The van der Waals surface area contributed by atoms with Crippen LogP contribution in [0.15, 0.2) is 112 Å². The molecule has 4 aromatic rings. The number of hydrogen-bond donors (Lipinski definition) is 3. The minimum Gasteiger partial charge on any atom is -0.488 e. The Labute approximate surface area is 361 Å². The standard InChI is InChI=1S/C43H47IN10O6/c1-53(2)37-19-17-36(18-20-37)51-50-35-9-3-29(4-10-35)40(55)48-33-13-15-34(16-14-33)49-43(58)60-39(28-5-21-38(22-6-28)59-27-46-52-45)42(57)54-25-23-30(24-26-54)41(56)47-32-11-7-31(44)8-12-32/h3-12,17-22,30,33-34,39H,13-16,23-27H2,1-2H3,(H,47,56)(H,48,55)(H,49,58). The van der Waals surface area contributed by atoms with Gasteiger partial charge >= 0.3 is 6.09 Å². The minimum atomic E-state index is -1.26. The van der Waals surface area contributed by atoms with Crippen molar-refractivity contribution in [2.75, 3.05) is 44.1 Å². The lowest BCUT2D eigenvalue weighted by atomic mass is 9.91. The number of ether oxygens (including phenoxy) is 2. The SMILES string of the molecule is CN(C)c1ccc(N=Nc2ccc(C(=O)NC3CCC(NC(=O)OC(C(=O)N4CCC(C(=O)Nc5ccc(I)cc5)CC4)c4ccc(OCN=[N+]=[N-])cc4)CC3)cc2)cc1. The molecule has 1 saturated carbocycles. The zero-order valence-corrected chi connectivity index (χ0v) is 35.5. The van der Waals surface area contributed by atoms with Crippen LogP contribution in [0.25, 0.3) is 10.4 Å². The van der Waals surface area contributed by atoms with Crippen LogP contribution in [0, 0.1) is 9.49 Å². The van der Waals surface area contributed by atoms with Gasteiger partial charge in [0.2, 0.25) is 12.0 Å². The average Bonchev–Trinajstić information content (AvgIpc) is 3.27. The molecule has 1 atom stereocenters. The molecule has 16 nitrogen and oxygen atoms in total. The first kappa shape index (κ1) is 43.4. The lowest BCUT2D eigenvalue weighted by Gasteiger charge is -2.34. The van der Waals surface area contributed by atoms with Gasteiger partial charge in [0, 0.05) is 76.2 Å². The lowest BCUT2D eigenvalue weighted by Crippen LogP contribution is -2.46. The molecule has 0 aromatic heterocycles. The summed E-state index contributed by atoms with van der Waals surface area (Å²) in [7, 11) is 3.95. The van der Waals surface area contributed by atoms with E-state index < -0.39 is 18.1 Å². The highest BCUT2D eigenvalue weighted by molar-refractivity contribution is 14.1. The molecule has 312 valence electrons. The number of hydrogen-bond acceptors (Lipinski definition) is 10. The van der Waals surface area contributed by atoms with Crippen molar-refractivity contribution in [2.45, 2.75) is 56.7 Å². The molecule has 1 aliphatic carbocycles. The zero-order valence-electron chi connectivity index (χ0n) is 33.4. The van der Waals surface area contributed by atoms with Crippen molar-refractivity contribution in [3.8, 4) is 5.75 Å². The van der Waals surface area contributed by atoms with Gasteiger partial charge in [-0.15, -0.1) is 0 Å². The van der Waals surface area contributed by atoms with Gasteiger partial charge in [-0.2, -0.15) is 10.2 Å². The van der Waals surface area contributed by atoms with Gasteiger partial charge in [-0.05, 0) is 152 Å². The van der Waals surface area contributed by atoms with Crippen molar-refractivity contribution >= 4 is 69.2 Å². The first-order valence-electron chi connectivity index (χ1n) is 19.7. The summed E-state index contributed by atoms with van der Waals surface area (Å²) in [6.07, 6.45) is 1.40. The average molecular weight is 927 g/mol. The van der Waals surface area contributed by atoms with Crippen molar-refractivity contribution in [3.05, 3.63) is 122 Å². The molecule has 1 saturated heterocycles. The predicted octanol–water partition coefficient (Wildman–Crippen LogP) is 8.81. The van der Waals surface area contributed by atoms with Crippen molar-refractivity contribution in [3.63, 3.8) is 0 Å². The molecule has 60 heavy (non-hydrogen) atoms. The number of anilines is 2. The second-order valence-electron chi connectivity index (χ2n) is 14.8. The minimum absolute atomic E-state index is 0.0773. The number of carbonyl (C=O) groups excluding carboxylic acids is 4. The molecule has 3 N–H and O–H groups in total. The van der Waals surface area contributed by atoms with E-state index >= 15 is 0 Å². The van der Waals surface area contributed by atoms with Crippen molar-refractivity contribution in [1.82, 2.24) is 15.5 Å². The Morgan fingerprint density at radius 2 is 1.38 bits per heavy atom. The van der Waals surface area contributed by atoms with Crippen molar-refractivity contribution in [1.29, 1.82) is 0 Å². The lowest BCUT2D eigenvalue weighted by molar-refractivity contribution is -0.143. The number of azo groups is 1. The molecule has 1 heterocycles. The summed E-state index contributed by atoms with van der Waals surface area (Å²) < 4.78 is 12.3. The van der Waals surface area contributed by atoms with Crippen LogP contribution >= 0.6 is 22.6 Å². The molecule has 4 aromatic carbocycles. The van der Waals surface area contributed by atoms with Crippen LogP contribution in [-0.4, -0.2) is 74.7 Å². The Hall–Kier alpha value is -6.20. The van der Waals surface area contributed by atoms with Gasteiger partial charge in [-0.1, -0.05) is 17.2 Å². The van der Waals surface area contributed by atoms with Crippen LogP contribution in [0.5, 0.6) is 5.75 Å². The van der Waals surface area contributed by atoms with Gasteiger partial charge in [0.05, 0.1) is 11.4 Å². The van der Waals surface area contributed by atoms with Gasteiger partial charge in [-0.3, -0.25) is 14.4 Å². The molecule has 17 heteroatoms. The highest BCUT2D eigenvalue weighted by Crippen LogP contribution is 2.28. The topological polar surface area (TPSA) is 203 Å². The summed E-state index contributed by atoms with van der Waals surface area (Å²) in [5.74, 6) is -0.561. The maximum absolute atomic E-state index is 14.0. The maximum atomic E-state index is 14.0. The van der Waals surface area contributed by atoms with E-state index in [0.29, 0.717) is 79.9 Å². The van der Waals surface area contributed by atoms with E-state index in [4.69, 9.17) is 15.0 Å². The highest BCUT2D eigenvalue weighted by Gasteiger charge is 2.35. The summed E-state index contributed by atoms with van der Waals surface area (Å²) in [6, 6.07) is 28.4. The number of benzene rings is 4. The number of amides is 4. The van der Waals surface area contributed by atoms with E-state index in [1.807, 2.05) is 67.5 Å². The molecule has 6 rings (SSSR count). The summed E-state index contributed by atoms with van der Waals surface area (Å²) in [6.45, 7) is 0.426. The van der Waals surface area contributed by atoms with Gasteiger partial charge in [0.25, 0.3) is 11.8 Å². The van der Waals surface area contributed by atoms with Crippen LogP contribution in [-0.2, 0) is 14.3 Å². The highest BCUT2D eigenvalue weighted by atomic mass is 127. The van der Waals surface area contributed by atoms with Crippen LogP contribution in [0.1, 0.15) is 60.6 Å². The molecule has 0 bridgehead atoms. The number of carbonyl (C=O) groups is 4. The number of piperidine rings is 1. The molecule has 2 aliphatic rings. The van der Waals surface area contributed by atoms with E-state index in [0.717, 1.165) is 14.9 Å². The summed E-state index contributed by atoms with van der Waals surface area (Å²) in [5.41, 5.74) is 12.6.